The predicted molar refractivity (Wildman–Crippen MR) is 132 cm³/mol. The van der Waals surface area contributed by atoms with Crippen LogP contribution in [0.5, 0.6) is 0 Å². The Morgan fingerprint density at radius 1 is 0.794 bits per heavy atom. The molecule has 6 nitrogen and oxygen atoms in total. The van der Waals surface area contributed by atoms with E-state index in [0.717, 1.165) is 31.2 Å². The lowest BCUT2D eigenvalue weighted by atomic mass is 9.88. The zero-order valence-electron chi connectivity index (χ0n) is 19.3. The highest BCUT2D eigenvalue weighted by Gasteiger charge is 2.33. The third kappa shape index (κ3) is 5.98. The summed E-state index contributed by atoms with van der Waals surface area (Å²) in [5.74, 6) is -0.333. The Labute approximate surface area is 206 Å². The van der Waals surface area contributed by atoms with Crippen molar-refractivity contribution in [2.75, 3.05) is 13.1 Å². The molecule has 0 radical (unpaired) electrons. The maximum Gasteiger partial charge on any atom is 0.251 e. The molecule has 0 aromatic heterocycles. The van der Waals surface area contributed by atoms with Crippen molar-refractivity contribution in [1.29, 1.82) is 0 Å². The van der Waals surface area contributed by atoms with Crippen molar-refractivity contribution in [2.24, 2.45) is 5.92 Å². The summed E-state index contributed by atoms with van der Waals surface area (Å²) in [4.78, 5) is 40.2. The molecule has 0 bridgehead atoms. The Hall–Kier alpha value is -2.86. The molecule has 4 rings (SSSR count). The van der Waals surface area contributed by atoms with Gasteiger partial charge in [0.15, 0.2) is 0 Å². The maximum atomic E-state index is 13.0. The summed E-state index contributed by atoms with van der Waals surface area (Å²) in [5, 5.41) is 5.62. The SMILES string of the molecule is O=C(N[C@@H]1CCCCC1NC(=O)C1CCN(C(=O)C(Cl)c2ccccc2)CC1)c1ccccc1. The van der Waals surface area contributed by atoms with E-state index >= 15 is 0 Å². The summed E-state index contributed by atoms with van der Waals surface area (Å²) in [6, 6.07) is 18.4. The normalized spacial score (nSPS) is 22.0. The number of hydrogen-bond donors (Lipinski definition) is 2. The molecule has 1 aliphatic heterocycles. The lowest BCUT2D eigenvalue weighted by Gasteiger charge is -2.36. The second kappa shape index (κ2) is 11.5. The Morgan fingerprint density at radius 3 is 1.97 bits per heavy atom. The second-order valence-corrected chi connectivity index (χ2v) is 9.65. The minimum absolute atomic E-state index is 0.0171. The van der Waals surface area contributed by atoms with E-state index in [1.165, 1.54) is 0 Å². The van der Waals surface area contributed by atoms with Gasteiger partial charge in [0.1, 0.15) is 5.38 Å². The van der Waals surface area contributed by atoms with Gasteiger partial charge in [0.2, 0.25) is 11.8 Å². The van der Waals surface area contributed by atoms with Gasteiger partial charge in [-0.25, -0.2) is 0 Å². The largest absolute Gasteiger partial charge is 0.351 e. The lowest BCUT2D eigenvalue weighted by Crippen LogP contribution is -2.55. The third-order valence-electron chi connectivity index (χ3n) is 6.93. The highest BCUT2D eigenvalue weighted by atomic mass is 35.5. The van der Waals surface area contributed by atoms with Crippen LogP contribution in [0.15, 0.2) is 60.7 Å². The van der Waals surface area contributed by atoms with Gasteiger partial charge in [0.25, 0.3) is 5.91 Å². The van der Waals surface area contributed by atoms with Gasteiger partial charge in [-0.05, 0) is 43.4 Å². The van der Waals surface area contributed by atoms with Crippen LogP contribution in [0.2, 0.25) is 0 Å². The predicted octanol–water partition coefficient (Wildman–Crippen LogP) is 4.06. The van der Waals surface area contributed by atoms with E-state index in [4.69, 9.17) is 11.6 Å². The Kier molecular flexibility index (Phi) is 8.22. The number of carbonyl (C=O) groups excluding carboxylic acids is 3. The lowest BCUT2D eigenvalue weighted by molar-refractivity contribution is -0.135. The van der Waals surface area contributed by atoms with Gasteiger partial charge in [0.05, 0.1) is 0 Å². The Balaban J connectivity index is 1.28. The molecular formula is C27H32ClN3O3. The molecule has 2 N–H and O–H groups in total. The number of hydrogen-bond acceptors (Lipinski definition) is 3. The molecule has 1 heterocycles. The van der Waals surface area contributed by atoms with Crippen molar-refractivity contribution in [3.8, 4) is 0 Å². The number of nitrogens with zero attached hydrogens (tertiary/aromatic N) is 1. The topological polar surface area (TPSA) is 78.5 Å². The van der Waals surface area contributed by atoms with Gasteiger partial charge in [-0.15, -0.1) is 11.6 Å². The number of amides is 3. The van der Waals surface area contributed by atoms with E-state index in [0.29, 0.717) is 31.5 Å². The number of piperidine rings is 1. The average molecular weight is 482 g/mol. The van der Waals surface area contributed by atoms with Crippen molar-refractivity contribution in [3.05, 3.63) is 71.8 Å². The molecule has 2 fully saturated rings. The Bertz CT molecular complexity index is 977. The number of halogens is 1. The summed E-state index contributed by atoms with van der Waals surface area (Å²) in [7, 11) is 0. The zero-order chi connectivity index (χ0) is 23.9. The highest BCUT2D eigenvalue weighted by molar-refractivity contribution is 6.30. The summed E-state index contributed by atoms with van der Waals surface area (Å²) < 4.78 is 0. The summed E-state index contributed by atoms with van der Waals surface area (Å²) >= 11 is 6.41. The summed E-state index contributed by atoms with van der Waals surface area (Å²) in [6.45, 7) is 1.04. The number of likely N-dealkylation sites (tertiary alicyclic amines) is 1. The van der Waals surface area contributed by atoms with E-state index in [2.05, 4.69) is 10.6 Å². The van der Waals surface area contributed by atoms with Gasteiger partial charge >= 0.3 is 0 Å². The second-order valence-electron chi connectivity index (χ2n) is 9.22. The quantitative estimate of drug-likeness (QED) is 0.610. The molecule has 3 atom stereocenters. The zero-order valence-corrected chi connectivity index (χ0v) is 20.0. The Morgan fingerprint density at radius 2 is 1.35 bits per heavy atom. The molecule has 1 aliphatic carbocycles. The molecule has 1 saturated heterocycles. The summed E-state index contributed by atoms with van der Waals surface area (Å²) in [5.41, 5.74) is 1.42. The van der Waals surface area contributed by atoms with Gasteiger partial charge < -0.3 is 15.5 Å². The van der Waals surface area contributed by atoms with Crippen LogP contribution in [0, 0.1) is 5.92 Å². The van der Waals surface area contributed by atoms with Gasteiger partial charge in [0, 0.05) is 36.7 Å². The van der Waals surface area contributed by atoms with Gasteiger partial charge in [-0.3, -0.25) is 14.4 Å². The van der Waals surface area contributed by atoms with Gasteiger partial charge in [-0.2, -0.15) is 0 Å². The monoisotopic (exact) mass is 481 g/mol. The number of carbonyl (C=O) groups is 3. The highest BCUT2D eigenvalue weighted by Crippen LogP contribution is 2.27. The van der Waals surface area contributed by atoms with E-state index in [1.54, 1.807) is 17.0 Å². The van der Waals surface area contributed by atoms with Crippen LogP contribution in [0.25, 0.3) is 0 Å². The van der Waals surface area contributed by atoms with Crippen LogP contribution in [-0.4, -0.2) is 47.8 Å². The summed E-state index contributed by atoms with van der Waals surface area (Å²) in [6.07, 6.45) is 5.01. The van der Waals surface area contributed by atoms with Gasteiger partial charge in [-0.1, -0.05) is 61.4 Å². The van der Waals surface area contributed by atoms with Crippen LogP contribution in [0.4, 0.5) is 0 Å². The van der Waals surface area contributed by atoms with E-state index in [9.17, 15) is 14.4 Å². The fourth-order valence-electron chi connectivity index (χ4n) is 4.91. The molecule has 2 aromatic carbocycles. The molecule has 7 heteroatoms. The molecule has 180 valence electrons. The first-order valence-corrected chi connectivity index (χ1v) is 12.6. The molecule has 0 spiro atoms. The van der Waals surface area contributed by atoms with E-state index < -0.39 is 5.38 Å². The number of nitrogens with one attached hydrogen (secondary N) is 2. The van der Waals surface area contributed by atoms with Crippen molar-refractivity contribution in [1.82, 2.24) is 15.5 Å². The van der Waals surface area contributed by atoms with E-state index in [-0.39, 0.29) is 35.7 Å². The number of benzene rings is 2. The minimum Gasteiger partial charge on any atom is -0.351 e. The maximum absolute atomic E-state index is 13.0. The van der Waals surface area contributed by atoms with Crippen LogP contribution in [-0.2, 0) is 9.59 Å². The van der Waals surface area contributed by atoms with E-state index in [1.807, 2.05) is 48.5 Å². The minimum atomic E-state index is -0.706. The third-order valence-corrected chi connectivity index (χ3v) is 7.37. The molecule has 2 unspecified atom stereocenters. The molecule has 34 heavy (non-hydrogen) atoms. The van der Waals surface area contributed by atoms with Crippen LogP contribution in [0.3, 0.4) is 0 Å². The molecule has 2 aliphatic rings. The fraction of sp³-hybridized carbons (Fsp3) is 0.444. The standard InChI is InChI=1S/C27H32ClN3O3/c28-24(19-9-3-1-4-10-19)27(34)31-17-15-21(16-18-31)26(33)30-23-14-8-7-13-22(23)29-25(32)20-11-5-2-6-12-20/h1-6,9-12,21-24H,7-8,13-18H2,(H,29,32)(H,30,33)/t22-,23?,24?/m1/s1. The van der Waals surface area contributed by atoms with Crippen molar-refractivity contribution < 1.29 is 14.4 Å². The first-order valence-electron chi connectivity index (χ1n) is 12.2. The fourth-order valence-corrected chi connectivity index (χ4v) is 5.19. The molecular weight excluding hydrogens is 450 g/mol. The van der Waals surface area contributed by atoms with Crippen LogP contribution < -0.4 is 10.6 Å². The number of alkyl halides is 1. The first kappa shape index (κ1) is 24.3. The molecule has 2 aromatic rings. The first-order chi connectivity index (χ1) is 16.5. The van der Waals surface area contributed by atoms with Crippen molar-refractivity contribution in [2.45, 2.75) is 56.0 Å². The molecule has 1 saturated carbocycles. The smallest absolute Gasteiger partial charge is 0.251 e. The van der Waals surface area contributed by atoms with Crippen molar-refractivity contribution in [3.63, 3.8) is 0 Å². The van der Waals surface area contributed by atoms with Crippen LogP contribution >= 0.6 is 11.6 Å². The number of rotatable bonds is 6. The molecule has 3 amide bonds. The van der Waals surface area contributed by atoms with Crippen LogP contribution in [0.1, 0.15) is 59.8 Å². The van der Waals surface area contributed by atoms with Crippen molar-refractivity contribution >= 4 is 29.3 Å². The average Bonchev–Trinajstić information content (AvgIpc) is 2.90.